The van der Waals surface area contributed by atoms with Gasteiger partial charge in [0.15, 0.2) is 0 Å². The Morgan fingerprint density at radius 3 is 1.91 bits per heavy atom. The van der Waals surface area contributed by atoms with E-state index in [4.69, 9.17) is 0 Å². The highest BCUT2D eigenvalue weighted by molar-refractivity contribution is 8.32. The van der Waals surface area contributed by atoms with Gasteiger partial charge in [0.25, 0.3) is 0 Å². The summed E-state index contributed by atoms with van der Waals surface area (Å²) in [6.45, 7) is 4.75. The predicted octanol–water partition coefficient (Wildman–Crippen LogP) is 3.12. The monoisotopic (exact) mass is 174 g/mol. The van der Waals surface area contributed by atoms with Crippen molar-refractivity contribution in [2.75, 3.05) is 24.0 Å². The molecule has 0 atom stereocenters. The molecule has 1 fully saturated rings. The zero-order valence-electron chi connectivity index (χ0n) is 8.39. The summed E-state index contributed by atoms with van der Waals surface area (Å²) in [6.07, 6.45) is 7.98. The van der Waals surface area contributed by atoms with Crippen LogP contribution in [0.15, 0.2) is 0 Å². The molecule has 0 N–H and O–H groups in total. The first-order valence-electron chi connectivity index (χ1n) is 4.70. The highest BCUT2D eigenvalue weighted by atomic mass is 32.3. The third-order valence-electron chi connectivity index (χ3n) is 3.03. The van der Waals surface area contributed by atoms with E-state index in [-0.39, 0.29) is 10.0 Å². The fourth-order valence-electron chi connectivity index (χ4n) is 1.85. The highest BCUT2D eigenvalue weighted by Crippen LogP contribution is 2.47. The van der Waals surface area contributed by atoms with Crippen LogP contribution in [0.1, 0.15) is 26.7 Å². The van der Waals surface area contributed by atoms with Crippen molar-refractivity contribution in [2.24, 2.45) is 11.8 Å². The van der Waals surface area contributed by atoms with Crippen LogP contribution < -0.4 is 0 Å². The van der Waals surface area contributed by atoms with Crippen molar-refractivity contribution in [3.05, 3.63) is 0 Å². The van der Waals surface area contributed by atoms with Gasteiger partial charge in [0.2, 0.25) is 0 Å². The van der Waals surface area contributed by atoms with Gasteiger partial charge < -0.3 is 0 Å². The summed E-state index contributed by atoms with van der Waals surface area (Å²) >= 11 is 0. The minimum atomic E-state index is -0.149. The number of rotatable bonds is 1. The summed E-state index contributed by atoms with van der Waals surface area (Å²) in [7, 11) is -0.149. The van der Waals surface area contributed by atoms with Crippen molar-refractivity contribution < 1.29 is 0 Å². The molecule has 1 heterocycles. The molecule has 11 heavy (non-hydrogen) atoms. The molecule has 0 saturated carbocycles. The molecule has 0 radical (unpaired) electrons. The maximum atomic E-state index is 2.49. The Kier molecular flexibility index (Phi) is 2.90. The molecule has 0 aromatic rings. The topological polar surface area (TPSA) is 0 Å². The van der Waals surface area contributed by atoms with Gasteiger partial charge in [0.1, 0.15) is 0 Å². The molecule has 1 rings (SSSR count). The Hall–Kier alpha value is 0.350. The van der Waals surface area contributed by atoms with Gasteiger partial charge in [0.05, 0.1) is 0 Å². The molecule has 0 spiro atoms. The molecule has 0 nitrogen and oxygen atoms in total. The third kappa shape index (κ3) is 2.70. The van der Waals surface area contributed by atoms with E-state index >= 15 is 0 Å². The van der Waals surface area contributed by atoms with E-state index in [0.29, 0.717) is 0 Å². The van der Waals surface area contributed by atoms with Gasteiger partial charge in [-0.3, -0.25) is 0 Å². The summed E-state index contributed by atoms with van der Waals surface area (Å²) in [5.41, 5.74) is 0. The van der Waals surface area contributed by atoms with E-state index in [1.165, 1.54) is 24.3 Å². The molecule has 0 aromatic carbocycles. The standard InChI is InChI=1S/C10H22S/c1-9(2)10-5-7-11(3,4)8-6-10/h9-10H,5-8H2,1-4H3. The van der Waals surface area contributed by atoms with E-state index in [1.807, 2.05) is 0 Å². The lowest BCUT2D eigenvalue weighted by molar-refractivity contribution is 0.359. The van der Waals surface area contributed by atoms with Crippen LogP contribution in [0, 0.1) is 11.8 Å². The van der Waals surface area contributed by atoms with Crippen molar-refractivity contribution in [2.45, 2.75) is 26.7 Å². The van der Waals surface area contributed by atoms with Crippen LogP contribution in [0.2, 0.25) is 0 Å². The first-order valence-corrected chi connectivity index (χ1v) is 7.49. The summed E-state index contributed by atoms with van der Waals surface area (Å²) in [5, 5.41) is 0. The van der Waals surface area contributed by atoms with Crippen LogP contribution in [-0.2, 0) is 0 Å². The van der Waals surface area contributed by atoms with Crippen molar-refractivity contribution in [3.63, 3.8) is 0 Å². The number of hydrogen-bond donors (Lipinski definition) is 0. The predicted molar refractivity (Wildman–Crippen MR) is 56.7 cm³/mol. The average molecular weight is 174 g/mol. The molecule has 1 aliphatic rings. The van der Waals surface area contributed by atoms with Crippen LogP contribution in [0.5, 0.6) is 0 Å². The van der Waals surface area contributed by atoms with Gasteiger partial charge in [-0.05, 0) is 48.7 Å². The molecule has 0 unspecified atom stereocenters. The smallest absolute Gasteiger partial charge is 0.0230 e. The van der Waals surface area contributed by atoms with Crippen molar-refractivity contribution in [3.8, 4) is 0 Å². The van der Waals surface area contributed by atoms with E-state index in [2.05, 4.69) is 26.4 Å². The minimum Gasteiger partial charge on any atom is -0.247 e. The van der Waals surface area contributed by atoms with Crippen LogP contribution in [-0.4, -0.2) is 24.0 Å². The highest BCUT2D eigenvalue weighted by Gasteiger charge is 2.24. The molecular weight excluding hydrogens is 152 g/mol. The average Bonchev–Trinajstić information content (AvgIpc) is 1.86. The van der Waals surface area contributed by atoms with E-state index in [9.17, 15) is 0 Å². The fourth-order valence-corrected chi connectivity index (χ4v) is 3.94. The normalized spacial score (nSPS) is 28.8. The van der Waals surface area contributed by atoms with Crippen molar-refractivity contribution in [1.82, 2.24) is 0 Å². The molecule has 0 aromatic heterocycles. The van der Waals surface area contributed by atoms with Gasteiger partial charge in [0, 0.05) is 0 Å². The van der Waals surface area contributed by atoms with Crippen molar-refractivity contribution in [1.29, 1.82) is 0 Å². The Bertz CT molecular complexity index is 117. The molecule has 68 valence electrons. The quantitative estimate of drug-likeness (QED) is 0.573. The van der Waals surface area contributed by atoms with Gasteiger partial charge in [-0.25, -0.2) is 10.0 Å². The van der Waals surface area contributed by atoms with Gasteiger partial charge >= 0.3 is 0 Å². The summed E-state index contributed by atoms with van der Waals surface area (Å²) in [5.74, 6) is 5.01. The van der Waals surface area contributed by atoms with E-state index in [0.717, 1.165) is 11.8 Å². The Morgan fingerprint density at radius 1 is 1.09 bits per heavy atom. The first kappa shape index (κ1) is 9.44. The lowest BCUT2D eigenvalue weighted by Crippen LogP contribution is -2.22. The third-order valence-corrected chi connectivity index (χ3v) is 5.71. The minimum absolute atomic E-state index is 0.149. The second kappa shape index (κ2) is 3.38. The Labute approximate surface area is 73.1 Å². The van der Waals surface area contributed by atoms with Gasteiger partial charge in [-0.15, -0.1) is 0 Å². The molecule has 1 heteroatoms. The van der Waals surface area contributed by atoms with Crippen LogP contribution in [0.25, 0.3) is 0 Å². The molecule has 1 aliphatic heterocycles. The maximum absolute atomic E-state index is 2.49. The zero-order valence-corrected chi connectivity index (χ0v) is 9.21. The van der Waals surface area contributed by atoms with E-state index < -0.39 is 0 Å². The van der Waals surface area contributed by atoms with Gasteiger partial charge in [-0.2, -0.15) is 0 Å². The molecule has 0 bridgehead atoms. The first-order chi connectivity index (χ1) is 5.01. The van der Waals surface area contributed by atoms with Crippen molar-refractivity contribution >= 4 is 10.0 Å². The Morgan fingerprint density at radius 2 is 1.55 bits per heavy atom. The lowest BCUT2D eigenvalue weighted by atomic mass is 9.91. The molecule has 0 aliphatic carbocycles. The van der Waals surface area contributed by atoms with Crippen LogP contribution in [0.4, 0.5) is 0 Å². The molecule has 0 amide bonds. The number of hydrogen-bond acceptors (Lipinski definition) is 0. The second-order valence-electron chi connectivity index (χ2n) is 4.76. The summed E-state index contributed by atoms with van der Waals surface area (Å²) in [4.78, 5) is 0. The maximum Gasteiger partial charge on any atom is -0.0230 e. The molecular formula is C10H22S. The zero-order chi connectivity index (χ0) is 8.48. The second-order valence-corrected chi connectivity index (χ2v) is 9.11. The van der Waals surface area contributed by atoms with E-state index in [1.54, 1.807) is 0 Å². The summed E-state index contributed by atoms with van der Waals surface area (Å²) in [6, 6.07) is 0. The van der Waals surface area contributed by atoms with Gasteiger partial charge in [-0.1, -0.05) is 13.8 Å². The van der Waals surface area contributed by atoms with Crippen LogP contribution in [0.3, 0.4) is 0 Å². The Balaban J connectivity index is 2.36. The SMILES string of the molecule is CC(C)C1CCS(C)(C)CC1. The molecule has 1 saturated heterocycles. The van der Waals surface area contributed by atoms with Crippen LogP contribution >= 0.6 is 10.0 Å². The lowest BCUT2D eigenvalue weighted by Gasteiger charge is -2.40. The largest absolute Gasteiger partial charge is 0.247 e. The summed E-state index contributed by atoms with van der Waals surface area (Å²) < 4.78 is 0. The fraction of sp³-hybridized carbons (Fsp3) is 1.00.